The molecule has 0 fully saturated rings. The number of ether oxygens (including phenoxy) is 1. The Balaban J connectivity index is 1.81. The van der Waals surface area contributed by atoms with Crippen molar-refractivity contribution < 1.29 is 14.3 Å². The predicted octanol–water partition coefficient (Wildman–Crippen LogP) is 3.20. The normalized spacial score (nSPS) is 10.6. The molecule has 0 unspecified atom stereocenters. The first-order chi connectivity index (χ1) is 13.0. The first-order valence-electron chi connectivity index (χ1n) is 8.71. The van der Waals surface area contributed by atoms with Crippen molar-refractivity contribution in [2.75, 3.05) is 17.7 Å². The molecule has 7 heteroatoms. The summed E-state index contributed by atoms with van der Waals surface area (Å²) in [6, 6.07) is 12.9. The van der Waals surface area contributed by atoms with Crippen LogP contribution in [0.1, 0.15) is 19.7 Å². The quantitative estimate of drug-likeness (QED) is 0.701. The van der Waals surface area contributed by atoms with Crippen molar-refractivity contribution in [1.82, 2.24) is 9.55 Å². The van der Waals surface area contributed by atoms with Gasteiger partial charge in [0.25, 0.3) is 0 Å². The smallest absolute Gasteiger partial charge is 0.244 e. The van der Waals surface area contributed by atoms with Gasteiger partial charge < -0.3 is 19.9 Å². The molecular formula is C20H22N4O3. The van der Waals surface area contributed by atoms with Crippen molar-refractivity contribution in [3.05, 3.63) is 48.3 Å². The van der Waals surface area contributed by atoms with Crippen molar-refractivity contribution >= 4 is 34.2 Å². The first kappa shape index (κ1) is 18.4. The van der Waals surface area contributed by atoms with Crippen LogP contribution in [0.4, 0.5) is 11.4 Å². The van der Waals surface area contributed by atoms with Crippen molar-refractivity contribution in [3.63, 3.8) is 0 Å². The highest BCUT2D eigenvalue weighted by Crippen LogP contribution is 2.28. The number of methoxy groups -OCH3 is 1. The maximum atomic E-state index is 12.6. The average molecular weight is 366 g/mol. The van der Waals surface area contributed by atoms with Gasteiger partial charge in [0.15, 0.2) is 0 Å². The van der Waals surface area contributed by atoms with Gasteiger partial charge in [0.1, 0.15) is 18.1 Å². The van der Waals surface area contributed by atoms with Crippen LogP contribution in [0.25, 0.3) is 11.0 Å². The molecule has 2 amide bonds. The number of nitrogens with one attached hydrogen (secondary N) is 2. The summed E-state index contributed by atoms with van der Waals surface area (Å²) >= 11 is 0. The maximum Gasteiger partial charge on any atom is 0.244 e. The third-order valence-electron chi connectivity index (χ3n) is 4.15. The van der Waals surface area contributed by atoms with Crippen molar-refractivity contribution in [1.29, 1.82) is 0 Å². The second-order valence-electron chi connectivity index (χ2n) is 6.10. The molecule has 0 aliphatic rings. The number of aromatic nitrogens is 2. The molecule has 27 heavy (non-hydrogen) atoms. The molecule has 0 saturated carbocycles. The zero-order valence-electron chi connectivity index (χ0n) is 15.6. The Hall–Kier alpha value is -3.35. The number of nitrogens with zero attached hydrogens (tertiary/aromatic N) is 2. The number of hydrogen-bond acceptors (Lipinski definition) is 4. The lowest BCUT2D eigenvalue weighted by Gasteiger charge is -2.13. The summed E-state index contributed by atoms with van der Waals surface area (Å²) in [4.78, 5) is 28.5. The van der Waals surface area contributed by atoms with E-state index in [9.17, 15) is 9.59 Å². The molecule has 140 valence electrons. The fraction of sp³-hybridized carbons (Fsp3) is 0.250. The van der Waals surface area contributed by atoms with Crippen molar-refractivity contribution in [2.45, 2.75) is 26.8 Å². The van der Waals surface area contributed by atoms with Gasteiger partial charge in [-0.15, -0.1) is 0 Å². The fourth-order valence-electron chi connectivity index (χ4n) is 2.99. The van der Waals surface area contributed by atoms with Crippen LogP contribution < -0.4 is 15.4 Å². The molecule has 2 aromatic carbocycles. The van der Waals surface area contributed by atoms with E-state index in [1.807, 2.05) is 35.8 Å². The highest BCUT2D eigenvalue weighted by atomic mass is 16.5. The molecule has 7 nitrogen and oxygen atoms in total. The van der Waals surface area contributed by atoms with E-state index in [1.54, 1.807) is 18.2 Å². The highest BCUT2D eigenvalue weighted by molar-refractivity contribution is 5.95. The molecule has 2 N–H and O–H groups in total. The minimum atomic E-state index is -0.214. The molecular weight excluding hydrogens is 344 g/mol. The van der Waals surface area contributed by atoms with Crippen LogP contribution in [-0.4, -0.2) is 28.5 Å². The summed E-state index contributed by atoms with van der Waals surface area (Å²) in [5.41, 5.74) is 2.88. The molecule has 0 spiro atoms. The lowest BCUT2D eigenvalue weighted by atomic mass is 10.2. The van der Waals surface area contributed by atoms with E-state index in [2.05, 4.69) is 15.6 Å². The van der Waals surface area contributed by atoms with Crippen LogP contribution in [-0.2, 0) is 22.6 Å². The summed E-state index contributed by atoms with van der Waals surface area (Å²) in [5.74, 6) is 0.998. The Morgan fingerprint density at radius 1 is 1.15 bits per heavy atom. The molecule has 0 bridgehead atoms. The van der Waals surface area contributed by atoms with Gasteiger partial charge in [0.2, 0.25) is 11.8 Å². The summed E-state index contributed by atoms with van der Waals surface area (Å²) in [7, 11) is 1.52. The topological polar surface area (TPSA) is 85.2 Å². The Bertz CT molecular complexity index is 994. The standard InChI is InChI=1S/C20H22N4O3/c1-4-19-23-15-7-5-6-8-17(15)24(19)12-20(26)22-14-9-10-18(27-3)16(11-14)21-13(2)25/h5-11H,4,12H2,1-3H3,(H,21,25)(H,22,26). The second-order valence-corrected chi connectivity index (χ2v) is 6.10. The third kappa shape index (κ3) is 4.08. The zero-order chi connectivity index (χ0) is 19.4. The summed E-state index contributed by atoms with van der Waals surface area (Å²) in [5, 5.41) is 5.56. The lowest BCUT2D eigenvalue weighted by Crippen LogP contribution is -2.20. The Morgan fingerprint density at radius 3 is 2.63 bits per heavy atom. The Labute approximate surface area is 157 Å². The fourth-order valence-corrected chi connectivity index (χ4v) is 2.99. The minimum Gasteiger partial charge on any atom is -0.495 e. The molecule has 3 aromatic rings. The van der Waals surface area contributed by atoms with Gasteiger partial charge >= 0.3 is 0 Å². The Morgan fingerprint density at radius 2 is 1.93 bits per heavy atom. The number of benzene rings is 2. The summed E-state index contributed by atoms with van der Waals surface area (Å²) in [6.45, 7) is 3.59. The Kier molecular flexibility index (Phi) is 5.40. The number of carbonyl (C=O) groups is 2. The van der Waals surface area contributed by atoms with Crippen LogP contribution in [0.5, 0.6) is 5.75 Å². The molecule has 0 aliphatic heterocycles. The number of fused-ring (bicyclic) bond motifs is 1. The van der Waals surface area contributed by atoms with Gasteiger partial charge in [-0.25, -0.2) is 4.98 Å². The molecule has 0 saturated heterocycles. The number of rotatable bonds is 6. The van der Waals surface area contributed by atoms with Crippen LogP contribution in [0, 0.1) is 0 Å². The second kappa shape index (κ2) is 7.90. The van der Waals surface area contributed by atoms with E-state index in [0.717, 1.165) is 23.3 Å². The van der Waals surface area contributed by atoms with E-state index in [0.29, 0.717) is 17.1 Å². The van der Waals surface area contributed by atoms with Crippen molar-refractivity contribution in [2.24, 2.45) is 0 Å². The number of carbonyl (C=O) groups excluding carboxylic acids is 2. The van der Waals surface area contributed by atoms with E-state index in [1.165, 1.54) is 14.0 Å². The molecule has 1 aromatic heterocycles. The van der Waals surface area contributed by atoms with Gasteiger partial charge in [-0.3, -0.25) is 9.59 Å². The highest BCUT2D eigenvalue weighted by Gasteiger charge is 2.13. The SMILES string of the molecule is CCc1nc2ccccc2n1CC(=O)Nc1ccc(OC)c(NC(C)=O)c1. The third-order valence-corrected chi connectivity index (χ3v) is 4.15. The van der Waals surface area contributed by atoms with Crippen LogP contribution in [0.3, 0.4) is 0 Å². The first-order valence-corrected chi connectivity index (χ1v) is 8.71. The molecule has 0 atom stereocenters. The molecule has 0 radical (unpaired) electrons. The number of anilines is 2. The van der Waals surface area contributed by atoms with Gasteiger partial charge in [-0.2, -0.15) is 0 Å². The van der Waals surface area contributed by atoms with E-state index in [-0.39, 0.29) is 18.4 Å². The number of hydrogen-bond donors (Lipinski definition) is 2. The van der Waals surface area contributed by atoms with E-state index >= 15 is 0 Å². The maximum absolute atomic E-state index is 12.6. The van der Waals surface area contributed by atoms with Gasteiger partial charge in [0.05, 0.1) is 23.8 Å². The summed E-state index contributed by atoms with van der Waals surface area (Å²) < 4.78 is 7.15. The lowest BCUT2D eigenvalue weighted by molar-refractivity contribution is -0.116. The molecule has 1 heterocycles. The largest absolute Gasteiger partial charge is 0.495 e. The van der Waals surface area contributed by atoms with Crippen LogP contribution in [0.15, 0.2) is 42.5 Å². The number of imidazole rings is 1. The number of amides is 2. The molecule has 0 aliphatic carbocycles. The van der Waals surface area contributed by atoms with E-state index < -0.39 is 0 Å². The van der Waals surface area contributed by atoms with Gasteiger partial charge in [0, 0.05) is 19.0 Å². The van der Waals surface area contributed by atoms with Gasteiger partial charge in [-0.1, -0.05) is 19.1 Å². The summed E-state index contributed by atoms with van der Waals surface area (Å²) in [6.07, 6.45) is 0.733. The minimum absolute atomic E-state index is 0.158. The van der Waals surface area contributed by atoms with Gasteiger partial charge in [-0.05, 0) is 30.3 Å². The zero-order valence-corrected chi connectivity index (χ0v) is 15.6. The van der Waals surface area contributed by atoms with Crippen molar-refractivity contribution in [3.8, 4) is 5.75 Å². The predicted molar refractivity (Wildman–Crippen MR) is 105 cm³/mol. The number of aryl methyl sites for hydroxylation is 1. The average Bonchev–Trinajstić information content (AvgIpc) is 2.99. The number of para-hydroxylation sites is 2. The van der Waals surface area contributed by atoms with Crippen LogP contribution in [0.2, 0.25) is 0 Å². The molecule has 3 rings (SSSR count). The monoisotopic (exact) mass is 366 g/mol. The van der Waals surface area contributed by atoms with Crippen LogP contribution >= 0.6 is 0 Å². The van der Waals surface area contributed by atoms with E-state index in [4.69, 9.17) is 4.74 Å².